The highest BCUT2D eigenvalue weighted by Gasteiger charge is 2.31. The molecule has 3 amide bonds. The Morgan fingerprint density at radius 2 is 1.95 bits per heavy atom. The largest absolute Gasteiger partial charge is 0.344 e. The fourth-order valence-electron chi connectivity index (χ4n) is 4.32. The van der Waals surface area contributed by atoms with Gasteiger partial charge in [0.25, 0.3) is 5.91 Å². The number of aromatic nitrogens is 1. The van der Waals surface area contributed by atoms with Crippen LogP contribution < -0.4 is 16.1 Å². The van der Waals surface area contributed by atoms with Crippen molar-refractivity contribution in [3.63, 3.8) is 0 Å². The smallest absolute Gasteiger partial charge is 0.259 e. The van der Waals surface area contributed by atoms with Crippen LogP contribution in [0.2, 0.25) is 0 Å². The number of nitrogens with zero attached hydrogens (tertiary/aromatic N) is 2. The third kappa shape index (κ3) is 8.08. The number of amides is 3. The van der Waals surface area contributed by atoms with Crippen LogP contribution in [0.5, 0.6) is 0 Å². The number of aryl methyl sites for hydroxylation is 2. The SMILES string of the molecule is CCc1cccc(-c2ccc(CCC(=O)NC(C(=O)NC(C)C(=O)N3CCCC(OO)N3)C(C)C)nc2)c1. The molecule has 2 aromatic rings. The third-order valence-corrected chi connectivity index (χ3v) is 6.64. The van der Waals surface area contributed by atoms with Crippen LogP contribution >= 0.6 is 0 Å². The van der Waals surface area contributed by atoms with Crippen molar-refractivity contribution in [1.82, 2.24) is 26.1 Å². The number of pyridine rings is 1. The zero-order valence-corrected chi connectivity index (χ0v) is 22.6. The quantitative estimate of drug-likeness (QED) is 0.262. The number of hydrogen-bond donors (Lipinski definition) is 4. The van der Waals surface area contributed by atoms with Crippen molar-refractivity contribution in [1.29, 1.82) is 0 Å². The van der Waals surface area contributed by atoms with E-state index in [9.17, 15) is 14.4 Å². The summed E-state index contributed by atoms with van der Waals surface area (Å²) in [6, 6.07) is 10.6. The minimum Gasteiger partial charge on any atom is -0.344 e. The van der Waals surface area contributed by atoms with Crippen molar-refractivity contribution in [2.45, 2.75) is 78.1 Å². The van der Waals surface area contributed by atoms with E-state index in [2.05, 4.69) is 51.1 Å². The van der Waals surface area contributed by atoms with E-state index in [-0.39, 0.29) is 24.2 Å². The molecule has 10 heteroatoms. The number of benzene rings is 1. The van der Waals surface area contributed by atoms with Gasteiger partial charge in [-0.25, -0.2) is 10.3 Å². The summed E-state index contributed by atoms with van der Waals surface area (Å²) in [5.41, 5.74) is 6.96. The van der Waals surface area contributed by atoms with Crippen molar-refractivity contribution in [2.75, 3.05) is 6.54 Å². The van der Waals surface area contributed by atoms with Crippen molar-refractivity contribution in [3.8, 4) is 11.1 Å². The predicted molar refractivity (Wildman–Crippen MR) is 143 cm³/mol. The van der Waals surface area contributed by atoms with E-state index in [1.165, 1.54) is 10.6 Å². The van der Waals surface area contributed by atoms with Crippen molar-refractivity contribution < 1.29 is 24.5 Å². The molecule has 0 radical (unpaired) electrons. The topological polar surface area (TPSA) is 133 Å². The first-order valence-electron chi connectivity index (χ1n) is 13.2. The molecule has 4 N–H and O–H groups in total. The predicted octanol–water partition coefficient (Wildman–Crippen LogP) is 2.83. The van der Waals surface area contributed by atoms with E-state index < -0.39 is 24.2 Å². The first kappa shape index (κ1) is 29.2. The fraction of sp³-hybridized carbons (Fsp3) is 0.500. The first-order chi connectivity index (χ1) is 18.2. The van der Waals surface area contributed by atoms with Gasteiger partial charge in [0.2, 0.25) is 11.8 Å². The van der Waals surface area contributed by atoms with Crippen molar-refractivity contribution >= 4 is 17.7 Å². The number of hydrazine groups is 1. The molecule has 10 nitrogen and oxygen atoms in total. The molecule has 1 fully saturated rings. The Labute approximate surface area is 224 Å². The molecule has 1 aromatic carbocycles. The summed E-state index contributed by atoms with van der Waals surface area (Å²) < 4.78 is 0. The van der Waals surface area contributed by atoms with Gasteiger partial charge in [0.15, 0.2) is 6.23 Å². The van der Waals surface area contributed by atoms with Crippen molar-refractivity contribution in [2.24, 2.45) is 5.92 Å². The van der Waals surface area contributed by atoms with Gasteiger partial charge in [-0.15, -0.1) is 0 Å². The lowest BCUT2D eigenvalue weighted by molar-refractivity contribution is -0.301. The average molecular weight is 526 g/mol. The molecule has 38 heavy (non-hydrogen) atoms. The molecule has 0 spiro atoms. The standard InChI is InChI=1S/C28H39N5O5/c1-5-20-8-6-9-21(16-20)22-11-12-23(29-17-22)13-14-24(34)31-26(18(2)3)27(35)30-19(4)28(36)33-15-7-10-25(32-33)38-37/h6,8-9,11-12,16-19,25-26,32,37H,5,7,10,13-15H2,1-4H3,(H,30,35)(H,31,34). The lowest BCUT2D eigenvalue weighted by Crippen LogP contribution is -2.59. The molecule has 3 atom stereocenters. The minimum absolute atomic E-state index is 0.183. The molecule has 0 saturated carbocycles. The van der Waals surface area contributed by atoms with Gasteiger partial charge in [-0.3, -0.25) is 29.6 Å². The van der Waals surface area contributed by atoms with E-state index in [1.54, 1.807) is 6.92 Å². The highest BCUT2D eigenvalue weighted by Crippen LogP contribution is 2.20. The van der Waals surface area contributed by atoms with Gasteiger partial charge in [0, 0.05) is 30.4 Å². The van der Waals surface area contributed by atoms with Crippen LogP contribution in [0, 0.1) is 5.92 Å². The van der Waals surface area contributed by atoms with Crippen LogP contribution in [0.1, 0.15) is 58.2 Å². The van der Waals surface area contributed by atoms with E-state index >= 15 is 0 Å². The number of carbonyl (C=O) groups is 3. The van der Waals surface area contributed by atoms with Crippen LogP contribution in [0.3, 0.4) is 0 Å². The molecule has 1 saturated heterocycles. The minimum atomic E-state index is -0.827. The average Bonchev–Trinajstić information content (AvgIpc) is 2.94. The Bertz CT molecular complexity index is 1090. The van der Waals surface area contributed by atoms with Crippen LogP contribution in [-0.4, -0.2) is 57.8 Å². The zero-order chi connectivity index (χ0) is 27.7. The summed E-state index contributed by atoms with van der Waals surface area (Å²) in [7, 11) is 0. The Balaban J connectivity index is 1.51. The summed E-state index contributed by atoms with van der Waals surface area (Å²) in [5, 5.41) is 15.7. The fourth-order valence-corrected chi connectivity index (χ4v) is 4.32. The molecule has 0 bridgehead atoms. The molecule has 2 heterocycles. The van der Waals surface area contributed by atoms with Gasteiger partial charge in [0.05, 0.1) is 0 Å². The zero-order valence-electron chi connectivity index (χ0n) is 22.6. The van der Waals surface area contributed by atoms with Crippen molar-refractivity contribution in [3.05, 3.63) is 53.9 Å². The van der Waals surface area contributed by atoms with Crippen LogP contribution in [0.25, 0.3) is 11.1 Å². The third-order valence-electron chi connectivity index (χ3n) is 6.64. The van der Waals surface area contributed by atoms with Gasteiger partial charge in [0.1, 0.15) is 12.1 Å². The Hall–Kier alpha value is -3.34. The molecule has 206 valence electrons. The van der Waals surface area contributed by atoms with E-state index in [1.807, 2.05) is 38.2 Å². The summed E-state index contributed by atoms with van der Waals surface area (Å²) in [4.78, 5) is 47.2. The maximum Gasteiger partial charge on any atom is 0.259 e. The molecule has 0 aliphatic carbocycles. The molecule has 1 aromatic heterocycles. The van der Waals surface area contributed by atoms with E-state index in [0.29, 0.717) is 25.8 Å². The van der Waals surface area contributed by atoms with Gasteiger partial charge in [-0.1, -0.05) is 51.1 Å². The number of carbonyl (C=O) groups excluding carboxylic acids is 3. The number of rotatable bonds is 11. The maximum atomic E-state index is 12.9. The molecule has 1 aliphatic rings. The summed E-state index contributed by atoms with van der Waals surface area (Å²) in [6.07, 6.45) is 3.95. The van der Waals surface area contributed by atoms with E-state index in [0.717, 1.165) is 23.2 Å². The lowest BCUT2D eigenvalue weighted by atomic mass is 10.0. The van der Waals surface area contributed by atoms with Gasteiger partial charge < -0.3 is 10.6 Å². The number of nitrogens with one attached hydrogen (secondary N) is 3. The van der Waals surface area contributed by atoms with E-state index in [4.69, 9.17) is 5.26 Å². The number of hydrogen-bond acceptors (Lipinski definition) is 7. The second-order valence-corrected chi connectivity index (χ2v) is 9.97. The normalized spacial score (nSPS) is 17.1. The first-order valence-corrected chi connectivity index (χ1v) is 13.2. The summed E-state index contributed by atoms with van der Waals surface area (Å²) in [6.45, 7) is 7.80. The molecular weight excluding hydrogens is 486 g/mol. The maximum absolute atomic E-state index is 12.9. The Kier molecular flexibility index (Phi) is 10.8. The second kappa shape index (κ2) is 14.0. The second-order valence-electron chi connectivity index (χ2n) is 9.97. The lowest BCUT2D eigenvalue weighted by Gasteiger charge is -2.34. The summed E-state index contributed by atoms with van der Waals surface area (Å²) >= 11 is 0. The van der Waals surface area contributed by atoms with Crippen LogP contribution in [0.4, 0.5) is 0 Å². The highest BCUT2D eigenvalue weighted by molar-refractivity contribution is 5.92. The monoisotopic (exact) mass is 525 g/mol. The van der Waals surface area contributed by atoms with Gasteiger partial charge in [-0.2, -0.15) is 0 Å². The Morgan fingerprint density at radius 3 is 2.61 bits per heavy atom. The molecule has 3 unspecified atom stereocenters. The van der Waals surface area contributed by atoms with Crippen LogP contribution in [0.15, 0.2) is 42.6 Å². The Morgan fingerprint density at radius 1 is 1.16 bits per heavy atom. The van der Waals surface area contributed by atoms with Gasteiger partial charge in [-0.05, 0) is 55.7 Å². The molecule has 1 aliphatic heterocycles. The van der Waals surface area contributed by atoms with Crippen LogP contribution in [-0.2, 0) is 32.1 Å². The molecular formula is C28H39N5O5. The summed E-state index contributed by atoms with van der Waals surface area (Å²) in [5.74, 6) is -1.24. The highest BCUT2D eigenvalue weighted by atomic mass is 17.1. The van der Waals surface area contributed by atoms with Gasteiger partial charge >= 0.3 is 0 Å². The molecule has 3 rings (SSSR count).